The van der Waals surface area contributed by atoms with E-state index in [1.54, 1.807) is 12.3 Å². The molecular weight excluding hydrogens is 473 g/mol. The number of ether oxygens (including phenoxy) is 2. The summed E-state index contributed by atoms with van der Waals surface area (Å²) in [5.74, 6) is 0.425. The van der Waals surface area contributed by atoms with E-state index in [0.717, 1.165) is 42.5 Å². The molecule has 2 aliphatic carbocycles. The van der Waals surface area contributed by atoms with Gasteiger partial charge in [-0.15, -0.1) is 0 Å². The van der Waals surface area contributed by atoms with Crippen LogP contribution in [-0.4, -0.2) is 41.0 Å². The molecule has 3 fully saturated rings. The molecule has 196 valence electrons. The average Bonchev–Trinajstić information content (AvgIpc) is 3.34. The van der Waals surface area contributed by atoms with E-state index in [1.165, 1.54) is 12.1 Å². The highest BCUT2D eigenvalue weighted by atomic mass is 19.1. The Morgan fingerprint density at radius 3 is 2.76 bits per heavy atom. The van der Waals surface area contributed by atoms with Gasteiger partial charge in [-0.3, -0.25) is 4.98 Å². The summed E-state index contributed by atoms with van der Waals surface area (Å²) < 4.78 is 24.9. The fourth-order valence-corrected chi connectivity index (χ4v) is 6.21. The van der Waals surface area contributed by atoms with Crippen LogP contribution in [0.2, 0.25) is 0 Å². The highest BCUT2D eigenvalue weighted by Crippen LogP contribution is 2.54. The van der Waals surface area contributed by atoms with Crippen molar-refractivity contribution in [3.63, 3.8) is 0 Å². The van der Waals surface area contributed by atoms with Crippen LogP contribution in [0, 0.1) is 23.6 Å². The lowest BCUT2D eigenvalue weighted by molar-refractivity contribution is 0.0319. The van der Waals surface area contributed by atoms with Crippen LogP contribution in [0.3, 0.4) is 0 Å². The quantitative estimate of drug-likeness (QED) is 0.553. The Morgan fingerprint density at radius 2 is 2.08 bits per heavy atom. The molecule has 2 amide bonds. The number of carbonyl (C=O) groups is 2. The first kappa shape index (κ1) is 25.2. The van der Waals surface area contributed by atoms with Crippen LogP contribution in [0.5, 0.6) is 0 Å². The second-order valence-corrected chi connectivity index (χ2v) is 11.5. The molecule has 1 saturated heterocycles. The number of alkyl carbamates (subject to hydrolysis) is 2. The molecule has 2 unspecified atom stereocenters. The van der Waals surface area contributed by atoms with Crippen LogP contribution in [0.25, 0.3) is 17.2 Å². The zero-order valence-electron chi connectivity index (χ0n) is 21.5. The lowest BCUT2D eigenvalue weighted by Gasteiger charge is -2.34. The molecule has 2 saturated carbocycles. The van der Waals surface area contributed by atoms with Crippen molar-refractivity contribution in [1.29, 1.82) is 0 Å². The van der Waals surface area contributed by atoms with Crippen molar-refractivity contribution in [3.8, 4) is 11.1 Å². The van der Waals surface area contributed by atoms with E-state index in [-0.39, 0.29) is 30.0 Å². The molecule has 1 spiro atoms. The smallest absolute Gasteiger partial charge is 0.407 e. The first-order valence-electron chi connectivity index (χ1n) is 13.0. The zero-order valence-corrected chi connectivity index (χ0v) is 21.5. The SMILES string of the molecule is CC(C)(C)OC(=O)NC1CC[C@@H]2[C@@H](C1)CC1(CNC(=O)O1)[C@H]2/C=C/c1ccc(-c2cccc(F)c2)cn1. The van der Waals surface area contributed by atoms with Crippen LogP contribution >= 0.6 is 0 Å². The highest BCUT2D eigenvalue weighted by Gasteiger charge is 2.58. The third-order valence-electron chi connectivity index (χ3n) is 7.69. The van der Waals surface area contributed by atoms with Gasteiger partial charge < -0.3 is 20.1 Å². The van der Waals surface area contributed by atoms with Gasteiger partial charge in [0.05, 0.1) is 12.2 Å². The maximum atomic E-state index is 13.6. The number of pyridine rings is 1. The van der Waals surface area contributed by atoms with Gasteiger partial charge in [-0.2, -0.15) is 0 Å². The topological polar surface area (TPSA) is 89.6 Å². The first-order valence-corrected chi connectivity index (χ1v) is 13.0. The first-order chi connectivity index (χ1) is 17.6. The Labute approximate surface area is 216 Å². The van der Waals surface area contributed by atoms with Gasteiger partial charge >= 0.3 is 12.2 Å². The van der Waals surface area contributed by atoms with Gasteiger partial charge in [-0.25, -0.2) is 14.0 Å². The van der Waals surface area contributed by atoms with Crippen molar-refractivity contribution in [2.24, 2.45) is 17.8 Å². The number of amides is 2. The number of aromatic nitrogens is 1. The van der Waals surface area contributed by atoms with Gasteiger partial charge in [0, 0.05) is 23.7 Å². The Morgan fingerprint density at radius 1 is 1.24 bits per heavy atom. The fraction of sp³-hybridized carbons (Fsp3) is 0.483. The van der Waals surface area contributed by atoms with E-state index >= 15 is 0 Å². The van der Waals surface area contributed by atoms with Gasteiger partial charge in [0.1, 0.15) is 17.0 Å². The predicted molar refractivity (Wildman–Crippen MR) is 138 cm³/mol. The number of nitrogens with zero attached hydrogens (tertiary/aromatic N) is 1. The van der Waals surface area contributed by atoms with Crippen molar-refractivity contribution in [1.82, 2.24) is 15.6 Å². The maximum Gasteiger partial charge on any atom is 0.407 e. The van der Waals surface area contributed by atoms with Gasteiger partial charge in [-0.05, 0) is 88.1 Å². The Kier molecular flexibility index (Phi) is 6.68. The number of hydrogen-bond acceptors (Lipinski definition) is 5. The van der Waals surface area contributed by atoms with Gasteiger partial charge in [0.15, 0.2) is 0 Å². The van der Waals surface area contributed by atoms with Crippen LogP contribution in [0.1, 0.15) is 52.1 Å². The monoisotopic (exact) mass is 507 g/mol. The molecule has 5 atom stereocenters. The summed E-state index contributed by atoms with van der Waals surface area (Å²) >= 11 is 0. The minimum Gasteiger partial charge on any atom is -0.444 e. The third-order valence-corrected chi connectivity index (χ3v) is 7.69. The number of nitrogens with one attached hydrogen (secondary N) is 2. The van der Waals surface area contributed by atoms with Crippen LogP contribution in [0.4, 0.5) is 14.0 Å². The minimum absolute atomic E-state index is 0.0398. The zero-order chi connectivity index (χ0) is 26.2. The van der Waals surface area contributed by atoms with E-state index in [4.69, 9.17) is 9.47 Å². The van der Waals surface area contributed by atoms with Crippen molar-refractivity contribution in [2.75, 3.05) is 6.54 Å². The summed E-state index contributed by atoms with van der Waals surface area (Å²) in [6, 6.07) is 10.3. The average molecular weight is 508 g/mol. The minimum atomic E-state index is -0.592. The molecule has 5 rings (SSSR count). The van der Waals surface area contributed by atoms with Crippen molar-refractivity contribution >= 4 is 18.3 Å². The number of fused-ring (bicyclic) bond motifs is 1. The molecule has 2 heterocycles. The number of hydrogen-bond donors (Lipinski definition) is 2. The molecule has 37 heavy (non-hydrogen) atoms. The number of carbonyl (C=O) groups excluding carboxylic acids is 2. The summed E-state index contributed by atoms with van der Waals surface area (Å²) in [6.45, 7) is 6.04. The predicted octanol–water partition coefficient (Wildman–Crippen LogP) is 5.71. The van der Waals surface area contributed by atoms with Crippen molar-refractivity contribution in [2.45, 2.75) is 63.7 Å². The molecular formula is C29H34FN3O4. The largest absolute Gasteiger partial charge is 0.444 e. The molecule has 2 aromatic rings. The van der Waals surface area contributed by atoms with Crippen molar-refractivity contribution < 1.29 is 23.5 Å². The van der Waals surface area contributed by atoms with Gasteiger partial charge in [0.2, 0.25) is 0 Å². The number of rotatable bonds is 4. The molecule has 2 N–H and O–H groups in total. The summed E-state index contributed by atoms with van der Waals surface area (Å²) in [7, 11) is 0. The lowest BCUT2D eigenvalue weighted by Crippen LogP contribution is -2.43. The highest BCUT2D eigenvalue weighted by molar-refractivity contribution is 5.71. The van der Waals surface area contributed by atoms with Crippen LogP contribution in [-0.2, 0) is 9.47 Å². The van der Waals surface area contributed by atoms with E-state index in [1.807, 2.05) is 45.0 Å². The molecule has 0 radical (unpaired) electrons. The van der Waals surface area contributed by atoms with Crippen molar-refractivity contribution in [3.05, 3.63) is 60.2 Å². The summed E-state index contributed by atoms with van der Waals surface area (Å²) in [5.41, 5.74) is 1.28. The Balaban J connectivity index is 1.30. The normalized spacial score (nSPS) is 29.1. The maximum absolute atomic E-state index is 13.6. The number of halogens is 1. The Hall–Kier alpha value is -3.42. The molecule has 1 aromatic carbocycles. The van der Waals surface area contributed by atoms with Gasteiger partial charge in [0.25, 0.3) is 0 Å². The van der Waals surface area contributed by atoms with Crippen LogP contribution < -0.4 is 10.6 Å². The lowest BCUT2D eigenvalue weighted by atomic mass is 9.75. The fourth-order valence-electron chi connectivity index (χ4n) is 6.21. The molecule has 7 nitrogen and oxygen atoms in total. The summed E-state index contributed by atoms with van der Waals surface area (Å²) in [5, 5.41) is 5.89. The second kappa shape index (κ2) is 9.80. The van der Waals surface area contributed by atoms with Crippen LogP contribution in [0.15, 0.2) is 48.7 Å². The standard InChI is InChI=1S/C29H34FN3O4/c1-28(2,3)36-27(35)33-23-9-11-24-20(14-23)15-29(17-32-26(34)37-29)25(24)12-10-22-8-7-19(16-31-22)18-5-4-6-21(30)13-18/h4-8,10,12-13,16,20,23-25H,9,11,14-15,17H2,1-3H3,(H,32,34)(H,33,35)/b12-10+/t20-,23?,24+,25-,29?/m0/s1. The Bertz CT molecular complexity index is 1190. The van der Waals surface area contributed by atoms with E-state index in [0.29, 0.717) is 18.4 Å². The molecule has 8 heteroatoms. The molecule has 0 bridgehead atoms. The van der Waals surface area contributed by atoms with Gasteiger partial charge in [-0.1, -0.05) is 24.3 Å². The molecule has 3 aliphatic rings. The number of benzene rings is 1. The van der Waals surface area contributed by atoms with E-state index < -0.39 is 11.2 Å². The third kappa shape index (κ3) is 5.63. The van der Waals surface area contributed by atoms with E-state index in [2.05, 4.69) is 21.7 Å². The summed E-state index contributed by atoms with van der Waals surface area (Å²) in [6.07, 6.45) is 8.45. The van der Waals surface area contributed by atoms with E-state index in [9.17, 15) is 14.0 Å². The second-order valence-electron chi connectivity index (χ2n) is 11.5. The molecule has 1 aromatic heterocycles. The summed E-state index contributed by atoms with van der Waals surface area (Å²) in [4.78, 5) is 29.0. The molecule has 1 aliphatic heterocycles.